The van der Waals surface area contributed by atoms with Crippen LogP contribution in [0.4, 0.5) is 0 Å². The second-order valence-electron chi connectivity index (χ2n) is 4.88. The molecule has 1 saturated heterocycles. The summed E-state index contributed by atoms with van der Waals surface area (Å²) in [6.45, 7) is 3.89. The SMILES string of the molecule is CNC(Cc1ccc(C)cn1)C1CCOCC1. The molecule has 94 valence electrons. The molecule has 17 heavy (non-hydrogen) atoms. The van der Waals surface area contributed by atoms with Crippen molar-refractivity contribution in [2.45, 2.75) is 32.2 Å². The lowest BCUT2D eigenvalue weighted by molar-refractivity contribution is 0.0546. The first-order valence-electron chi connectivity index (χ1n) is 6.46. The molecular weight excluding hydrogens is 212 g/mol. The molecule has 1 aromatic rings. The van der Waals surface area contributed by atoms with E-state index < -0.39 is 0 Å². The molecular formula is C14H22N2O. The first-order valence-corrected chi connectivity index (χ1v) is 6.46. The average molecular weight is 234 g/mol. The Morgan fingerprint density at radius 2 is 2.18 bits per heavy atom. The summed E-state index contributed by atoms with van der Waals surface area (Å²) in [5, 5.41) is 3.44. The van der Waals surface area contributed by atoms with Gasteiger partial charge in [0.15, 0.2) is 0 Å². The fourth-order valence-corrected chi connectivity index (χ4v) is 2.47. The molecule has 1 unspecified atom stereocenters. The number of hydrogen-bond acceptors (Lipinski definition) is 3. The van der Waals surface area contributed by atoms with Gasteiger partial charge >= 0.3 is 0 Å². The zero-order valence-electron chi connectivity index (χ0n) is 10.8. The molecule has 0 amide bonds. The van der Waals surface area contributed by atoms with Crippen LogP contribution in [0.3, 0.4) is 0 Å². The van der Waals surface area contributed by atoms with Crippen LogP contribution in [0.25, 0.3) is 0 Å². The minimum absolute atomic E-state index is 0.522. The summed E-state index contributed by atoms with van der Waals surface area (Å²) in [5.74, 6) is 0.719. The predicted octanol–water partition coefficient (Wildman–Crippen LogP) is 1.95. The molecule has 3 heteroatoms. The van der Waals surface area contributed by atoms with Crippen molar-refractivity contribution in [1.82, 2.24) is 10.3 Å². The van der Waals surface area contributed by atoms with E-state index in [9.17, 15) is 0 Å². The average Bonchev–Trinajstić information content (AvgIpc) is 2.39. The monoisotopic (exact) mass is 234 g/mol. The lowest BCUT2D eigenvalue weighted by Gasteiger charge is -2.30. The smallest absolute Gasteiger partial charge is 0.0469 e. The van der Waals surface area contributed by atoms with Crippen molar-refractivity contribution >= 4 is 0 Å². The zero-order chi connectivity index (χ0) is 12.1. The normalized spacial score (nSPS) is 19.2. The number of nitrogens with zero attached hydrogens (tertiary/aromatic N) is 1. The van der Waals surface area contributed by atoms with Crippen molar-refractivity contribution in [2.24, 2.45) is 5.92 Å². The van der Waals surface area contributed by atoms with Gasteiger partial charge in [-0.1, -0.05) is 6.07 Å². The van der Waals surface area contributed by atoms with Gasteiger partial charge in [0.05, 0.1) is 0 Å². The molecule has 0 radical (unpaired) electrons. The van der Waals surface area contributed by atoms with Crippen molar-refractivity contribution < 1.29 is 4.74 Å². The maximum Gasteiger partial charge on any atom is 0.0469 e. The molecule has 1 fully saturated rings. The van der Waals surface area contributed by atoms with Crippen LogP contribution in [-0.4, -0.2) is 31.3 Å². The predicted molar refractivity (Wildman–Crippen MR) is 69.1 cm³/mol. The number of likely N-dealkylation sites (N-methyl/N-ethyl adjacent to an activating group) is 1. The third kappa shape index (κ3) is 3.51. The lowest BCUT2D eigenvalue weighted by Crippen LogP contribution is -2.38. The number of pyridine rings is 1. The van der Waals surface area contributed by atoms with Gasteiger partial charge in [-0.15, -0.1) is 0 Å². The molecule has 0 spiro atoms. The molecule has 1 N–H and O–H groups in total. The minimum Gasteiger partial charge on any atom is -0.381 e. The van der Waals surface area contributed by atoms with Gasteiger partial charge in [0.25, 0.3) is 0 Å². The first-order chi connectivity index (χ1) is 8.29. The quantitative estimate of drug-likeness (QED) is 0.864. The van der Waals surface area contributed by atoms with Crippen molar-refractivity contribution in [3.8, 4) is 0 Å². The highest BCUT2D eigenvalue weighted by atomic mass is 16.5. The zero-order valence-corrected chi connectivity index (χ0v) is 10.8. The molecule has 1 aliphatic heterocycles. The summed E-state index contributed by atoms with van der Waals surface area (Å²) in [6.07, 6.45) is 5.29. The van der Waals surface area contributed by atoms with Crippen LogP contribution in [0.2, 0.25) is 0 Å². The Morgan fingerprint density at radius 3 is 2.76 bits per heavy atom. The first kappa shape index (κ1) is 12.5. The van der Waals surface area contributed by atoms with E-state index in [1.54, 1.807) is 0 Å². The van der Waals surface area contributed by atoms with Crippen molar-refractivity contribution in [3.63, 3.8) is 0 Å². The second kappa shape index (κ2) is 6.12. The Hall–Kier alpha value is -0.930. The Labute approximate surface area is 104 Å². The molecule has 0 saturated carbocycles. The summed E-state index contributed by atoms with van der Waals surface area (Å²) < 4.78 is 5.42. The standard InChI is InChI=1S/C14H22N2O/c1-11-3-4-13(16-10-11)9-14(15-2)12-5-7-17-8-6-12/h3-4,10,12,14-15H,5-9H2,1-2H3. The van der Waals surface area contributed by atoms with Crippen LogP contribution >= 0.6 is 0 Å². The molecule has 2 heterocycles. The Kier molecular flexibility index (Phi) is 4.51. The third-order valence-electron chi connectivity index (χ3n) is 3.61. The van der Waals surface area contributed by atoms with Gasteiger partial charge in [-0.05, 0) is 44.4 Å². The molecule has 1 atom stereocenters. The maximum absolute atomic E-state index is 5.42. The van der Waals surface area contributed by atoms with E-state index in [1.165, 1.54) is 11.3 Å². The van der Waals surface area contributed by atoms with Crippen LogP contribution in [0.15, 0.2) is 18.3 Å². The molecule has 2 rings (SSSR count). The van der Waals surface area contributed by atoms with Gasteiger partial charge in [-0.2, -0.15) is 0 Å². The van der Waals surface area contributed by atoms with Crippen molar-refractivity contribution in [3.05, 3.63) is 29.6 Å². The van der Waals surface area contributed by atoms with E-state index in [1.807, 2.05) is 13.2 Å². The van der Waals surface area contributed by atoms with Gasteiger partial charge in [0.1, 0.15) is 0 Å². The summed E-state index contributed by atoms with van der Waals surface area (Å²) >= 11 is 0. The number of ether oxygens (including phenoxy) is 1. The summed E-state index contributed by atoms with van der Waals surface area (Å²) in [7, 11) is 2.05. The highest BCUT2D eigenvalue weighted by molar-refractivity contribution is 5.13. The number of hydrogen-bond donors (Lipinski definition) is 1. The van der Waals surface area contributed by atoms with Crippen LogP contribution in [0.5, 0.6) is 0 Å². The molecule has 0 bridgehead atoms. The summed E-state index contributed by atoms with van der Waals surface area (Å²) in [5.41, 5.74) is 2.40. The highest BCUT2D eigenvalue weighted by Gasteiger charge is 2.23. The molecule has 1 aromatic heterocycles. The fourth-order valence-electron chi connectivity index (χ4n) is 2.47. The Morgan fingerprint density at radius 1 is 1.41 bits per heavy atom. The van der Waals surface area contributed by atoms with E-state index in [4.69, 9.17) is 4.74 Å². The van der Waals surface area contributed by atoms with Crippen LogP contribution < -0.4 is 5.32 Å². The van der Waals surface area contributed by atoms with Gasteiger partial charge in [-0.3, -0.25) is 4.98 Å². The molecule has 0 aliphatic carbocycles. The largest absolute Gasteiger partial charge is 0.381 e. The second-order valence-corrected chi connectivity index (χ2v) is 4.88. The summed E-state index contributed by atoms with van der Waals surface area (Å²) in [6, 6.07) is 4.80. The lowest BCUT2D eigenvalue weighted by atomic mass is 9.89. The van der Waals surface area contributed by atoms with E-state index in [2.05, 4.69) is 29.4 Å². The van der Waals surface area contributed by atoms with Crippen LogP contribution in [0, 0.1) is 12.8 Å². The van der Waals surface area contributed by atoms with Gasteiger partial charge in [0, 0.05) is 37.6 Å². The number of nitrogens with one attached hydrogen (secondary N) is 1. The van der Waals surface area contributed by atoms with E-state index >= 15 is 0 Å². The van der Waals surface area contributed by atoms with Gasteiger partial charge < -0.3 is 10.1 Å². The van der Waals surface area contributed by atoms with Gasteiger partial charge in [-0.25, -0.2) is 0 Å². The minimum atomic E-state index is 0.522. The molecule has 1 aliphatic rings. The number of aryl methyl sites for hydroxylation is 1. The van der Waals surface area contributed by atoms with Gasteiger partial charge in [0.2, 0.25) is 0 Å². The van der Waals surface area contributed by atoms with Crippen LogP contribution in [-0.2, 0) is 11.2 Å². The Bertz CT molecular complexity index is 331. The van der Waals surface area contributed by atoms with E-state index in [0.29, 0.717) is 6.04 Å². The van der Waals surface area contributed by atoms with Crippen LogP contribution in [0.1, 0.15) is 24.1 Å². The molecule has 3 nitrogen and oxygen atoms in total. The highest BCUT2D eigenvalue weighted by Crippen LogP contribution is 2.20. The third-order valence-corrected chi connectivity index (χ3v) is 3.61. The molecule has 0 aromatic carbocycles. The Balaban J connectivity index is 1.96. The number of aromatic nitrogens is 1. The van der Waals surface area contributed by atoms with E-state index in [-0.39, 0.29) is 0 Å². The summed E-state index contributed by atoms with van der Waals surface area (Å²) in [4.78, 5) is 4.49. The van der Waals surface area contributed by atoms with E-state index in [0.717, 1.165) is 38.4 Å². The maximum atomic E-state index is 5.42. The number of rotatable bonds is 4. The topological polar surface area (TPSA) is 34.2 Å². The van der Waals surface area contributed by atoms with Crippen molar-refractivity contribution in [2.75, 3.05) is 20.3 Å². The van der Waals surface area contributed by atoms with Crippen molar-refractivity contribution in [1.29, 1.82) is 0 Å². The fraction of sp³-hybridized carbons (Fsp3) is 0.643.